The molecule has 8 heteroatoms. The normalized spacial score (nSPS) is 13.9. The van der Waals surface area contributed by atoms with E-state index in [1.54, 1.807) is 6.07 Å². The Balaban J connectivity index is 1.97. The van der Waals surface area contributed by atoms with Crippen molar-refractivity contribution in [3.05, 3.63) is 51.1 Å². The topological polar surface area (TPSA) is 66.7 Å². The maximum Gasteiger partial charge on any atom is 0.324 e. The Kier molecular flexibility index (Phi) is 3.53. The number of nitrogens with zero attached hydrogens (tertiary/aromatic N) is 3. The maximum absolute atomic E-state index is 13.4. The number of likely N-dealkylation sites (N-methyl/N-ethyl adjacent to an activating group) is 1. The average Bonchev–Trinajstić information content (AvgIpc) is 2.97. The Morgan fingerprint density at radius 3 is 2.73 bits per heavy atom. The summed E-state index contributed by atoms with van der Waals surface area (Å²) < 4.78 is 13.4. The van der Waals surface area contributed by atoms with Crippen molar-refractivity contribution in [2.24, 2.45) is 0 Å². The van der Waals surface area contributed by atoms with Gasteiger partial charge in [0.25, 0.3) is 5.91 Å². The zero-order valence-electron chi connectivity index (χ0n) is 11.7. The zero-order valence-corrected chi connectivity index (χ0v) is 12.5. The predicted molar refractivity (Wildman–Crippen MR) is 82.3 cm³/mol. The molecule has 0 spiro atoms. The SMILES string of the molecule is CN1CCN(C(=O)c2ccc([N+](=O)[O-])s2)c2ccc(F)cc21. The molecule has 1 aliphatic heterocycles. The van der Waals surface area contributed by atoms with Gasteiger partial charge in [0.15, 0.2) is 0 Å². The lowest BCUT2D eigenvalue weighted by molar-refractivity contribution is -0.380. The van der Waals surface area contributed by atoms with Gasteiger partial charge in [-0.05, 0) is 24.3 Å². The molecule has 114 valence electrons. The summed E-state index contributed by atoms with van der Waals surface area (Å²) in [5, 5.41) is 10.7. The molecule has 1 aromatic heterocycles. The molecule has 22 heavy (non-hydrogen) atoms. The van der Waals surface area contributed by atoms with Crippen molar-refractivity contribution in [2.75, 3.05) is 29.9 Å². The van der Waals surface area contributed by atoms with Crippen LogP contribution in [0, 0.1) is 15.9 Å². The summed E-state index contributed by atoms with van der Waals surface area (Å²) in [6.45, 7) is 1.01. The smallest absolute Gasteiger partial charge is 0.324 e. The van der Waals surface area contributed by atoms with Gasteiger partial charge in [-0.1, -0.05) is 11.3 Å². The van der Waals surface area contributed by atoms with E-state index in [1.165, 1.54) is 29.2 Å². The summed E-state index contributed by atoms with van der Waals surface area (Å²) in [6.07, 6.45) is 0. The van der Waals surface area contributed by atoms with E-state index in [9.17, 15) is 19.3 Å². The van der Waals surface area contributed by atoms with E-state index in [2.05, 4.69) is 0 Å². The van der Waals surface area contributed by atoms with Gasteiger partial charge >= 0.3 is 5.00 Å². The van der Waals surface area contributed by atoms with Crippen LogP contribution < -0.4 is 9.80 Å². The molecule has 2 heterocycles. The van der Waals surface area contributed by atoms with Gasteiger partial charge in [-0.3, -0.25) is 14.9 Å². The Hall–Kier alpha value is -2.48. The summed E-state index contributed by atoms with van der Waals surface area (Å²) in [5.74, 6) is -0.675. The van der Waals surface area contributed by atoms with Crippen molar-refractivity contribution in [1.82, 2.24) is 0 Å². The maximum atomic E-state index is 13.4. The Morgan fingerprint density at radius 2 is 2.05 bits per heavy atom. The van der Waals surface area contributed by atoms with Gasteiger partial charge in [-0.25, -0.2) is 4.39 Å². The Morgan fingerprint density at radius 1 is 1.27 bits per heavy atom. The fourth-order valence-corrected chi connectivity index (χ4v) is 3.18. The molecule has 1 aromatic carbocycles. The summed E-state index contributed by atoms with van der Waals surface area (Å²) >= 11 is 0.843. The molecule has 1 aliphatic rings. The third-order valence-corrected chi connectivity index (χ3v) is 4.55. The second-order valence-electron chi connectivity index (χ2n) is 4.91. The lowest BCUT2D eigenvalue weighted by Crippen LogP contribution is -2.42. The number of benzene rings is 1. The van der Waals surface area contributed by atoms with E-state index in [0.29, 0.717) is 29.3 Å². The van der Waals surface area contributed by atoms with E-state index in [0.717, 1.165) is 11.3 Å². The van der Waals surface area contributed by atoms with Gasteiger partial charge in [-0.2, -0.15) is 0 Å². The first-order chi connectivity index (χ1) is 10.5. The number of halogens is 1. The fourth-order valence-electron chi connectivity index (χ4n) is 2.41. The van der Waals surface area contributed by atoms with E-state index in [-0.39, 0.29) is 16.7 Å². The van der Waals surface area contributed by atoms with Crippen molar-refractivity contribution in [3.8, 4) is 0 Å². The van der Waals surface area contributed by atoms with E-state index < -0.39 is 4.92 Å². The number of amides is 1. The van der Waals surface area contributed by atoms with Crippen LogP contribution in [0.2, 0.25) is 0 Å². The first-order valence-corrected chi connectivity index (χ1v) is 7.36. The number of fused-ring (bicyclic) bond motifs is 1. The lowest BCUT2D eigenvalue weighted by atomic mass is 10.1. The van der Waals surface area contributed by atoms with Crippen LogP contribution in [0.3, 0.4) is 0 Å². The lowest BCUT2D eigenvalue weighted by Gasteiger charge is -2.35. The van der Waals surface area contributed by atoms with Crippen molar-refractivity contribution in [2.45, 2.75) is 0 Å². The highest BCUT2D eigenvalue weighted by Gasteiger charge is 2.28. The standard InChI is InChI=1S/C14H12FN3O3S/c1-16-6-7-17(10-3-2-9(15)8-11(10)16)14(19)12-4-5-13(22-12)18(20)21/h2-5,8H,6-7H2,1H3. The number of anilines is 2. The van der Waals surface area contributed by atoms with Crippen LogP contribution in [0.1, 0.15) is 9.67 Å². The highest BCUT2D eigenvalue weighted by atomic mass is 32.1. The van der Waals surface area contributed by atoms with E-state index in [1.807, 2.05) is 11.9 Å². The number of rotatable bonds is 2. The molecular formula is C14H12FN3O3S. The molecule has 0 N–H and O–H groups in total. The van der Waals surface area contributed by atoms with Crippen LogP contribution in [0.15, 0.2) is 30.3 Å². The number of thiophene rings is 1. The molecule has 0 radical (unpaired) electrons. The van der Waals surface area contributed by atoms with Gasteiger partial charge < -0.3 is 9.80 Å². The minimum atomic E-state index is -0.519. The monoisotopic (exact) mass is 321 g/mol. The summed E-state index contributed by atoms with van der Waals surface area (Å²) in [6, 6.07) is 7.01. The number of carbonyl (C=O) groups excluding carboxylic acids is 1. The van der Waals surface area contributed by atoms with Gasteiger partial charge in [0.2, 0.25) is 0 Å². The van der Waals surface area contributed by atoms with Gasteiger partial charge in [-0.15, -0.1) is 0 Å². The molecule has 2 aromatic rings. The molecule has 6 nitrogen and oxygen atoms in total. The minimum absolute atomic E-state index is 0.0724. The van der Waals surface area contributed by atoms with Crippen molar-refractivity contribution < 1.29 is 14.1 Å². The summed E-state index contributed by atoms with van der Waals surface area (Å²) in [7, 11) is 1.83. The minimum Gasteiger partial charge on any atom is -0.371 e. The van der Waals surface area contributed by atoms with Crippen LogP contribution in [-0.4, -0.2) is 31.0 Å². The van der Waals surface area contributed by atoms with Crippen LogP contribution >= 0.6 is 11.3 Å². The molecule has 0 saturated heterocycles. The number of nitro groups is 1. The van der Waals surface area contributed by atoms with Crippen molar-refractivity contribution >= 4 is 33.6 Å². The Labute approximate surface area is 129 Å². The summed E-state index contributed by atoms with van der Waals surface area (Å²) in [4.78, 5) is 26.5. The van der Waals surface area contributed by atoms with Gasteiger partial charge in [0, 0.05) is 26.2 Å². The largest absolute Gasteiger partial charge is 0.371 e. The molecule has 0 atom stereocenters. The van der Waals surface area contributed by atoms with Gasteiger partial charge in [0.05, 0.1) is 21.2 Å². The first-order valence-electron chi connectivity index (χ1n) is 6.54. The highest BCUT2D eigenvalue weighted by Crippen LogP contribution is 2.35. The van der Waals surface area contributed by atoms with E-state index >= 15 is 0 Å². The second-order valence-corrected chi connectivity index (χ2v) is 5.97. The average molecular weight is 321 g/mol. The van der Waals surface area contributed by atoms with Crippen LogP contribution in [0.25, 0.3) is 0 Å². The fraction of sp³-hybridized carbons (Fsp3) is 0.214. The zero-order chi connectivity index (χ0) is 15.9. The third-order valence-electron chi connectivity index (χ3n) is 3.53. The molecule has 0 aliphatic carbocycles. The van der Waals surface area contributed by atoms with E-state index in [4.69, 9.17) is 0 Å². The van der Waals surface area contributed by atoms with Crippen LogP contribution in [0.4, 0.5) is 20.8 Å². The highest BCUT2D eigenvalue weighted by molar-refractivity contribution is 7.17. The van der Waals surface area contributed by atoms with Crippen molar-refractivity contribution in [1.29, 1.82) is 0 Å². The number of hydrogen-bond acceptors (Lipinski definition) is 5. The molecule has 0 bridgehead atoms. The Bertz CT molecular complexity index is 762. The molecule has 3 rings (SSSR count). The summed E-state index contributed by atoms with van der Waals surface area (Å²) in [5.41, 5.74) is 1.24. The van der Waals surface area contributed by atoms with Crippen LogP contribution in [0.5, 0.6) is 0 Å². The third kappa shape index (κ3) is 2.41. The second kappa shape index (κ2) is 5.38. The molecule has 0 saturated carbocycles. The number of carbonyl (C=O) groups is 1. The van der Waals surface area contributed by atoms with Gasteiger partial charge in [0.1, 0.15) is 5.82 Å². The first kappa shape index (κ1) is 14.5. The van der Waals surface area contributed by atoms with Crippen LogP contribution in [-0.2, 0) is 0 Å². The molecule has 1 amide bonds. The number of hydrogen-bond donors (Lipinski definition) is 0. The molecule has 0 unspecified atom stereocenters. The quantitative estimate of drug-likeness (QED) is 0.630. The van der Waals surface area contributed by atoms with Crippen molar-refractivity contribution in [3.63, 3.8) is 0 Å². The molecular weight excluding hydrogens is 309 g/mol. The predicted octanol–water partition coefficient (Wildman–Crippen LogP) is 2.89. The molecule has 0 fully saturated rings.